The molecular formula is C36H24N6. The summed E-state index contributed by atoms with van der Waals surface area (Å²) in [4.78, 5) is 24.6. The van der Waals surface area contributed by atoms with Gasteiger partial charge in [-0.2, -0.15) is 0 Å². The molecule has 42 heavy (non-hydrogen) atoms. The van der Waals surface area contributed by atoms with Crippen LogP contribution in [0.5, 0.6) is 0 Å². The molecule has 0 aliphatic heterocycles. The summed E-state index contributed by atoms with van der Waals surface area (Å²) in [6, 6.07) is 39.2. The molecular weight excluding hydrogens is 516 g/mol. The summed E-state index contributed by atoms with van der Waals surface area (Å²) in [6.07, 6.45) is 3.87. The second-order valence-electron chi connectivity index (χ2n) is 10.3. The minimum atomic E-state index is 0.502. The van der Waals surface area contributed by atoms with Gasteiger partial charge in [-0.25, -0.2) is 19.9 Å². The van der Waals surface area contributed by atoms with Gasteiger partial charge in [0.25, 0.3) is 0 Å². The van der Waals surface area contributed by atoms with Crippen LogP contribution in [0.15, 0.2) is 128 Å². The maximum Gasteiger partial charge on any atom is 0.182 e. The number of aromatic nitrogens is 6. The molecule has 4 heterocycles. The van der Waals surface area contributed by atoms with Gasteiger partial charge >= 0.3 is 0 Å². The van der Waals surface area contributed by atoms with Crippen molar-refractivity contribution in [3.05, 3.63) is 128 Å². The molecule has 6 nitrogen and oxygen atoms in total. The molecule has 4 aromatic carbocycles. The predicted octanol–water partition coefficient (Wildman–Crippen LogP) is 8.13. The maximum absolute atomic E-state index is 5.02. The number of rotatable bonds is 4. The lowest BCUT2D eigenvalue weighted by atomic mass is 9.97. The van der Waals surface area contributed by atoms with Gasteiger partial charge in [-0.15, -0.1) is 0 Å². The van der Waals surface area contributed by atoms with Gasteiger partial charge in [-0.05, 0) is 57.4 Å². The fraction of sp³-hybridized carbons (Fsp3) is 0.0278. The summed E-state index contributed by atoms with van der Waals surface area (Å²) < 4.78 is 2.05. The van der Waals surface area contributed by atoms with E-state index in [1.54, 1.807) is 0 Å². The average Bonchev–Trinajstić information content (AvgIpc) is 3.44. The topological polar surface area (TPSA) is 69.4 Å². The Morgan fingerprint density at radius 1 is 0.524 bits per heavy atom. The first-order valence-electron chi connectivity index (χ1n) is 13.8. The fourth-order valence-corrected chi connectivity index (χ4v) is 5.57. The molecule has 0 amide bonds. The summed E-state index contributed by atoms with van der Waals surface area (Å²) in [7, 11) is 2.01. The monoisotopic (exact) mass is 540 g/mol. The lowest BCUT2D eigenvalue weighted by molar-refractivity contribution is 0.968. The molecule has 8 rings (SSSR count). The van der Waals surface area contributed by atoms with E-state index >= 15 is 0 Å². The summed E-state index contributed by atoms with van der Waals surface area (Å²) in [6.45, 7) is 0. The van der Waals surface area contributed by atoms with Crippen LogP contribution in [0.1, 0.15) is 0 Å². The van der Waals surface area contributed by atoms with E-state index in [0.29, 0.717) is 28.9 Å². The summed E-state index contributed by atoms with van der Waals surface area (Å²) in [5, 5.41) is 4.56. The zero-order chi connectivity index (χ0) is 28.0. The second kappa shape index (κ2) is 9.71. The van der Waals surface area contributed by atoms with Crippen molar-refractivity contribution in [2.24, 2.45) is 7.05 Å². The molecule has 0 saturated carbocycles. The first-order valence-corrected chi connectivity index (χ1v) is 13.8. The number of nitrogens with zero attached hydrogens (tertiary/aromatic N) is 6. The lowest BCUT2D eigenvalue weighted by Crippen LogP contribution is -2.02. The Morgan fingerprint density at radius 3 is 2.02 bits per heavy atom. The van der Waals surface area contributed by atoms with E-state index in [-0.39, 0.29) is 0 Å². The first kappa shape index (κ1) is 24.1. The van der Waals surface area contributed by atoms with E-state index in [1.165, 1.54) is 5.39 Å². The molecule has 0 bridgehead atoms. The molecule has 4 aromatic heterocycles. The van der Waals surface area contributed by atoms with Gasteiger partial charge in [0.2, 0.25) is 0 Å². The van der Waals surface area contributed by atoms with Crippen molar-refractivity contribution in [1.82, 2.24) is 29.5 Å². The smallest absolute Gasteiger partial charge is 0.182 e. The molecule has 0 radical (unpaired) electrons. The van der Waals surface area contributed by atoms with Gasteiger partial charge < -0.3 is 4.57 Å². The van der Waals surface area contributed by atoms with Gasteiger partial charge in [0.05, 0.1) is 11.0 Å². The Hall–Kier alpha value is -5.75. The highest BCUT2D eigenvalue weighted by Crippen LogP contribution is 2.35. The molecule has 0 spiro atoms. The maximum atomic E-state index is 5.02. The quantitative estimate of drug-likeness (QED) is 0.211. The van der Waals surface area contributed by atoms with E-state index in [4.69, 9.17) is 24.9 Å². The highest BCUT2D eigenvalue weighted by molar-refractivity contribution is 6.13. The highest BCUT2D eigenvalue weighted by atomic mass is 15.1. The fourth-order valence-electron chi connectivity index (χ4n) is 5.57. The Morgan fingerprint density at radius 2 is 1.21 bits per heavy atom. The summed E-state index contributed by atoms with van der Waals surface area (Å²) >= 11 is 0. The largest absolute Gasteiger partial charge is 0.349 e. The third-order valence-corrected chi connectivity index (χ3v) is 7.71. The van der Waals surface area contributed by atoms with Gasteiger partial charge in [0.1, 0.15) is 11.4 Å². The molecule has 0 saturated heterocycles. The van der Waals surface area contributed by atoms with Gasteiger partial charge in [0.15, 0.2) is 17.5 Å². The van der Waals surface area contributed by atoms with Crippen LogP contribution in [0, 0.1) is 0 Å². The normalized spacial score (nSPS) is 11.5. The molecule has 8 aromatic rings. The van der Waals surface area contributed by atoms with E-state index in [0.717, 1.165) is 43.9 Å². The molecule has 6 heteroatoms. The average molecular weight is 541 g/mol. The minimum Gasteiger partial charge on any atom is -0.349 e. The second-order valence-corrected chi connectivity index (χ2v) is 10.3. The Balaban J connectivity index is 1.35. The van der Waals surface area contributed by atoms with Crippen LogP contribution in [-0.2, 0) is 7.05 Å². The zero-order valence-corrected chi connectivity index (χ0v) is 22.8. The van der Waals surface area contributed by atoms with Crippen LogP contribution < -0.4 is 0 Å². The van der Waals surface area contributed by atoms with Crippen LogP contribution in [0.3, 0.4) is 0 Å². The van der Waals surface area contributed by atoms with E-state index in [2.05, 4.69) is 83.4 Å². The Kier molecular flexibility index (Phi) is 5.57. The van der Waals surface area contributed by atoms with Gasteiger partial charge in [-0.3, -0.25) is 4.98 Å². The molecule has 0 N–H and O–H groups in total. The number of hydrogen-bond acceptors (Lipinski definition) is 5. The standard InChI is InChI=1S/C36H24N6/c1-42-20-19-30-33(42)18-17-32(38-30)36-40-34(29-21-24-11-5-6-12-26(24)27-13-7-8-14-28(27)29)39-35(41-36)31-16-15-25(22-37-31)23-9-3-2-4-10-23/h2-22H,1H3. The summed E-state index contributed by atoms with van der Waals surface area (Å²) in [5.74, 6) is 1.59. The Bertz CT molecular complexity index is 2250. The molecule has 0 atom stereocenters. The van der Waals surface area contributed by atoms with Crippen molar-refractivity contribution in [1.29, 1.82) is 0 Å². The summed E-state index contributed by atoms with van der Waals surface area (Å²) in [5.41, 5.74) is 6.38. The molecule has 0 unspecified atom stereocenters. The highest BCUT2D eigenvalue weighted by Gasteiger charge is 2.17. The van der Waals surface area contributed by atoms with Crippen molar-refractivity contribution >= 4 is 32.6 Å². The lowest BCUT2D eigenvalue weighted by Gasteiger charge is -2.12. The van der Waals surface area contributed by atoms with Crippen molar-refractivity contribution in [3.8, 4) is 45.6 Å². The Labute approximate surface area is 242 Å². The number of hydrogen-bond donors (Lipinski definition) is 0. The number of benzene rings is 4. The van der Waals surface area contributed by atoms with Crippen molar-refractivity contribution in [2.45, 2.75) is 0 Å². The van der Waals surface area contributed by atoms with Crippen molar-refractivity contribution in [2.75, 3.05) is 0 Å². The number of pyridine rings is 2. The van der Waals surface area contributed by atoms with Crippen LogP contribution in [0.4, 0.5) is 0 Å². The number of fused-ring (bicyclic) bond motifs is 4. The van der Waals surface area contributed by atoms with E-state index < -0.39 is 0 Å². The van der Waals surface area contributed by atoms with Gasteiger partial charge in [0, 0.05) is 30.6 Å². The zero-order valence-electron chi connectivity index (χ0n) is 22.8. The third-order valence-electron chi connectivity index (χ3n) is 7.71. The van der Waals surface area contributed by atoms with Gasteiger partial charge in [-0.1, -0.05) is 84.9 Å². The van der Waals surface area contributed by atoms with E-state index in [9.17, 15) is 0 Å². The van der Waals surface area contributed by atoms with Crippen LogP contribution in [0.25, 0.3) is 78.1 Å². The van der Waals surface area contributed by atoms with Crippen LogP contribution >= 0.6 is 0 Å². The molecule has 0 fully saturated rings. The third kappa shape index (κ3) is 4.09. The number of aryl methyl sites for hydroxylation is 1. The molecule has 198 valence electrons. The first-order chi connectivity index (χ1) is 20.7. The van der Waals surface area contributed by atoms with Crippen molar-refractivity contribution < 1.29 is 0 Å². The van der Waals surface area contributed by atoms with Crippen LogP contribution in [0.2, 0.25) is 0 Å². The molecule has 0 aliphatic rings. The van der Waals surface area contributed by atoms with Crippen molar-refractivity contribution in [3.63, 3.8) is 0 Å². The minimum absolute atomic E-state index is 0.502. The molecule has 0 aliphatic carbocycles. The predicted molar refractivity (Wildman–Crippen MR) is 169 cm³/mol. The SMILES string of the molecule is Cn1ccc2nc(-c3nc(-c4ccc(-c5ccccc5)cn4)nc(-c4cc5ccccc5c5ccccc45)n3)ccc21. The van der Waals surface area contributed by atoms with E-state index in [1.807, 2.05) is 55.8 Å². The van der Waals surface area contributed by atoms with Crippen LogP contribution in [-0.4, -0.2) is 29.5 Å².